The monoisotopic (exact) mass is 396 g/mol. The first-order valence-electron chi connectivity index (χ1n) is 10.8. The number of hydrogen-bond acceptors (Lipinski definition) is 3. The van der Waals surface area contributed by atoms with E-state index in [1.807, 2.05) is 12.3 Å². The van der Waals surface area contributed by atoms with Gasteiger partial charge in [-0.3, -0.25) is 14.8 Å². The van der Waals surface area contributed by atoms with Gasteiger partial charge in [0.2, 0.25) is 0 Å². The van der Waals surface area contributed by atoms with Crippen molar-refractivity contribution in [3.05, 3.63) is 102 Å². The van der Waals surface area contributed by atoms with E-state index in [0.717, 1.165) is 38.4 Å². The first kappa shape index (κ1) is 19.0. The van der Waals surface area contributed by atoms with Crippen LogP contribution in [0.3, 0.4) is 0 Å². The fourth-order valence-corrected chi connectivity index (χ4v) is 4.73. The van der Waals surface area contributed by atoms with Crippen LogP contribution in [-0.4, -0.2) is 45.9 Å². The molecule has 0 saturated carbocycles. The lowest BCUT2D eigenvalue weighted by Gasteiger charge is -2.39. The number of H-pyrrole nitrogens is 1. The van der Waals surface area contributed by atoms with Crippen LogP contribution in [0, 0.1) is 6.92 Å². The highest BCUT2D eigenvalue weighted by Crippen LogP contribution is 2.35. The number of nitrogens with one attached hydrogen (secondary N) is 1. The third-order valence-electron chi connectivity index (χ3n) is 6.21. The number of pyridine rings is 1. The highest BCUT2D eigenvalue weighted by molar-refractivity contribution is 5.85. The molecule has 4 heteroatoms. The number of aryl methyl sites for hydroxylation is 1. The van der Waals surface area contributed by atoms with Crippen LogP contribution in [0.4, 0.5) is 0 Å². The fourth-order valence-electron chi connectivity index (χ4n) is 4.73. The molecule has 4 aromatic rings. The van der Waals surface area contributed by atoms with Crippen molar-refractivity contribution in [2.75, 3.05) is 26.2 Å². The van der Waals surface area contributed by atoms with Gasteiger partial charge in [-0.25, -0.2) is 0 Å². The summed E-state index contributed by atoms with van der Waals surface area (Å²) in [6.07, 6.45) is 1.91. The van der Waals surface area contributed by atoms with Crippen LogP contribution < -0.4 is 0 Å². The van der Waals surface area contributed by atoms with E-state index in [-0.39, 0.29) is 6.04 Å². The Balaban J connectivity index is 1.43. The summed E-state index contributed by atoms with van der Waals surface area (Å²) in [5.74, 6) is 0. The molecule has 1 aliphatic rings. The molecule has 0 spiro atoms. The molecule has 2 aromatic heterocycles. The van der Waals surface area contributed by atoms with Crippen LogP contribution in [-0.2, 0) is 6.54 Å². The molecule has 1 N–H and O–H groups in total. The van der Waals surface area contributed by atoms with E-state index in [9.17, 15) is 0 Å². The third kappa shape index (κ3) is 3.76. The lowest BCUT2D eigenvalue weighted by atomic mass is 9.97. The van der Waals surface area contributed by atoms with Crippen LogP contribution in [0.2, 0.25) is 0 Å². The molecular formula is C26H28N4. The van der Waals surface area contributed by atoms with Crippen molar-refractivity contribution in [2.24, 2.45) is 0 Å². The fraction of sp³-hybridized carbons (Fsp3) is 0.269. The van der Waals surface area contributed by atoms with Crippen molar-refractivity contribution in [1.29, 1.82) is 0 Å². The second-order valence-electron chi connectivity index (χ2n) is 8.16. The molecule has 0 radical (unpaired) electrons. The standard InChI is InChI=1S/C26H28N4/c1-20-25(22-11-5-6-12-23(22)28-20)26(24-13-7-8-14-27-24)30-17-15-29(16-18-30)19-21-9-3-2-4-10-21/h2-14,26,28H,15-19H2,1H3/t26-/m0/s1. The predicted molar refractivity (Wildman–Crippen MR) is 122 cm³/mol. The van der Waals surface area contributed by atoms with Crippen LogP contribution in [0.15, 0.2) is 79.0 Å². The van der Waals surface area contributed by atoms with E-state index in [0.29, 0.717) is 0 Å². The molecule has 1 saturated heterocycles. The van der Waals surface area contributed by atoms with Crippen LogP contribution in [0.5, 0.6) is 0 Å². The van der Waals surface area contributed by atoms with Gasteiger partial charge in [0.1, 0.15) is 0 Å². The maximum atomic E-state index is 4.78. The van der Waals surface area contributed by atoms with Crippen LogP contribution >= 0.6 is 0 Å². The van der Waals surface area contributed by atoms with Crippen molar-refractivity contribution >= 4 is 10.9 Å². The lowest BCUT2D eigenvalue weighted by molar-refractivity contribution is 0.104. The Kier molecular flexibility index (Phi) is 5.35. The summed E-state index contributed by atoms with van der Waals surface area (Å²) in [5, 5.41) is 1.30. The minimum Gasteiger partial charge on any atom is -0.358 e. The first-order valence-corrected chi connectivity index (χ1v) is 10.8. The number of benzene rings is 2. The SMILES string of the molecule is Cc1[nH]c2ccccc2c1[C@H](c1ccccn1)N1CCN(Cc2ccccc2)CC1. The second-order valence-corrected chi connectivity index (χ2v) is 8.16. The van der Waals surface area contributed by atoms with Gasteiger partial charge in [-0.05, 0) is 30.7 Å². The van der Waals surface area contributed by atoms with Gasteiger partial charge in [0, 0.05) is 61.1 Å². The summed E-state index contributed by atoms with van der Waals surface area (Å²) < 4.78 is 0. The molecule has 0 bridgehead atoms. The Morgan fingerprint density at radius 1 is 0.867 bits per heavy atom. The summed E-state index contributed by atoms with van der Waals surface area (Å²) in [6.45, 7) is 7.42. The molecule has 0 amide bonds. The van der Waals surface area contributed by atoms with E-state index in [1.54, 1.807) is 0 Å². The zero-order valence-corrected chi connectivity index (χ0v) is 17.5. The summed E-state index contributed by atoms with van der Waals surface area (Å²) in [5.41, 5.74) is 6.31. The van der Waals surface area contributed by atoms with Crippen molar-refractivity contribution < 1.29 is 0 Å². The van der Waals surface area contributed by atoms with E-state index >= 15 is 0 Å². The molecule has 5 rings (SSSR count). The normalized spacial score (nSPS) is 16.7. The van der Waals surface area contributed by atoms with Crippen molar-refractivity contribution in [1.82, 2.24) is 19.8 Å². The van der Waals surface area contributed by atoms with Crippen molar-refractivity contribution in [2.45, 2.75) is 19.5 Å². The number of aromatic nitrogens is 2. The Morgan fingerprint density at radius 2 is 1.60 bits per heavy atom. The first-order chi connectivity index (χ1) is 14.8. The molecule has 1 aliphatic heterocycles. The van der Waals surface area contributed by atoms with Gasteiger partial charge in [0.15, 0.2) is 0 Å². The minimum absolute atomic E-state index is 0.168. The molecule has 1 fully saturated rings. The number of aromatic amines is 1. The number of fused-ring (bicyclic) bond motifs is 1. The number of piperazine rings is 1. The molecule has 0 aliphatic carbocycles. The molecule has 4 nitrogen and oxygen atoms in total. The van der Waals surface area contributed by atoms with Gasteiger partial charge in [0.25, 0.3) is 0 Å². The highest BCUT2D eigenvalue weighted by atomic mass is 15.3. The Hall–Kier alpha value is -2.95. The van der Waals surface area contributed by atoms with E-state index < -0.39 is 0 Å². The van der Waals surface area contributed by atoms with Gasteiger partial charge in [-0.1, -0.05) is 54.6 Å². The minimum atomic E-state index is 0.168. The topological polar surface area (TPSA) is 35.2 Å². The van der Waals surface area contributed by atoms with Crippen LogP contribution in [0.1, 0.15) is 28.6 Å². The van der Waals surface area contributed by atoms with Gasteiger partial charge in [-0.15, -0.1) is 0 Å². The molecule has 30 heavy (non-hydrogen) atoms. The lowest BCUT2D eigenvalue weighted by Crippen LogP contribution is -2.47. The summed E-state index contributed by atoms with van der Waals surface area (Å²) >= 11 is 0. The zero-order chi connectivity index (χ0) is 20.3. The van der Waals surface area contributed by atoms with Gasteiger partial charge >= 0.3 is 0 Å². The van der Waals surface area contributed by atoms with E-state index in [2.05, 4.69) is 88.4 Å². The molecule has 3 heterocycles. The quantitative estimate of drug-likeness (QED) is 0.527. The Bertz CT molecular complexity index is 1100. The van der Waals surface area contributed by atoms with Crippen molar-refractivity contribution in [3.63, 3.8) is 0 Å². The summed E-state index contributed by atoms with van der Waals surface area (Å²) in [4.78, 5) is 13.5. The number of rotatable bonds is 5. The van der Waals surface area contributed by atoms with Gasteiger partial charge in [0.05, 0.1) is 11.7 Å². The average Bonchev–Trinajstić information content (AvgIpc) is 3.12. The average molecular weight is 397 g/mol. The van der Waals surface area contributed by atoms with Gasteiger partial charge < -0.3 is 4.98 Å². The Morgan fingerprint density at radius 3 is 2.37 bits per heavy atom. The second kappa shape index (κ2) is 8.42. The molecule has 152 valence electrons. The van der Waals surface area contributed by atoms with E-state index in [4.69, 9.17) is 4.98 Å². The smallest absolute Gasteiger partial charge is 0.0800 e. The third-order valence-corrected chi connectivity index (χ3v) is 6.21. The van der Waals surface area contributed by atoms with E-state index in [1.165, 1.54) is 27.7 Å². The number of para-hydroxylation sites is 1. The maximum absolute atomic E-state index is 4.78. The van der Waals surface area contributed by atoms with Crippen molar-refractivity contribution in [3.8, 4) is 0 Å². The molecule has 0 unspecified atom stereocenters. The highest BCUT2D eigenvalue weighted by Gasteiger charge is 2.30. The maximum Gasteiger partial charge on any atom is 0.0800 e. The zero-order valence-electron chi connectivity index (χ0n) is 17.5. The van der Waals surface area contributed by atoms with Gasteiger partial charge in [-0.2, -0.15) is 0 Å². The summed E-state index contributed by atoms with van der Waals surface area (Å²) in [6, 6.07) is 25.8. The summed E-state index contributed by atoms with van der Waals surface area (Å²) in [7, 11) is 0. The molecule has 1 atom stereocenters. The van der Waals surface area contributed by atoms with Crippen LogP contribution in [0.25, 0.3) is 10.9 Å². The molecule has 2 aromatic carbocycles. The Labute approximate surface area is 178 Å². The number of nitrogens with zero attached hydrogens (tertiary/aromatic N) is 3. The predicted octanol–water partition coefficient (Wildman–Crippen LogP) is 4.78. The molecular weight excluding hydrogens is 368 g/mol. The largest absolute Gasteiger partial charge is 0.358 e. The number of hydrogen-bond donors (Lipinski definition) is 1.